The second-order valence-electron chi connectivity index (χ2n) is 5.41. The zero-order valence-electron chi connectivity index (χ0n) is 13.4. The molecule has 124 valence electrons. The van der Waals surface area contributed by atoms with E-state index in [1.807, 2.05) is 6.92 Å². The molecule has 2 aromatic carbocycles. The number of nitrogens with zero attached hydrogens (tertiary/aromatic N) is 3. The van der Waals surface area contributed by atoms with Crippen molar-refractivity contribution >= 4 is 17.6 Å². The molecular weight excluding hydrogens is 338 g/mol. The minimum atomic E-state index is -1.05. The molecular formula is C19H14ClN3O2. The molecule has 0 amide bonds. The van der Waals surface area contributed by atoms with Gasteiger partial charge in [-0.25, -0.2) is 9.48 Å². The summed E-state index contributed by atoms with van der Waals surface area (Å²) in [7, 11) is 0. The SMILES string of the molecule is CCc1c(C(=O)O)c(-c2cccc(C#N)c2)nn1-c1ccc(Cl)cc1. The number of benzene rings is 2. The lowest BCUT2D eigenvalue weighted by molar-refractivity contribution is 0.0696. The molecule has 0 aliphatic carbocycles. The van der Waals surface area contributed by atoms with Gasteiger partial charge in [0.15, 0.2) is 0 Å². The van der Waals surface area contributed by atoms with Gasteiger partial charge in [-0.2, -0.15) is 10.4 Å². The van der Waals surface area contributed by atoms with E-state index in [1.165, 1.54) is 0 Å². The minimum Gasteiger partial charge on any atom is -0.478 e. The van der Waals surface area contributed by atoms with E-state index in [9.17, 15) is 9.90 Å². The molecule has 1 heterocycles. The Kier molecular flexibility index (Phi) is 4.55. The first-order valence-electron chi connectivity index (χ1n) is 7.66. The fraction of sp³-hybridized carbons (Fsp3) is 0.105. The van der Waals surface area contributed by atoms with Crippen LogP contribution in [0, 0.1) is 11.3 Å². The van der Waals surface area contributed by atoms with Crippen LogP contribution in [0.25, 0.3) is 16.9 Å². The van der Waals surface area contributed by atoms with Gasteiger partial charge in [0.25, 0.3) is 0 Å². The molecule has 0 bridgehead atoms. The van der Waals surface area contributed by atoms with Gasteiger partial charge in [0, 0.05) is 10.6 Å². The molecule has 0 atom stereocenters. The Bertz CT molecular complexity index is 985. The Balaban J connectivity index is 2.27. The molecule has 6 heteroatoms. The molecule has 1 aromatic heterocycles. The summed E-state index contributed by atoms with van der Waals surface area (Å²) in [5.74, 6) is -1.05. The first-order valence-corrected chi connectivity index (χ1v) is 8.04. The number of hydrogen-bond acceptors (Lipinski definition) is 3. The van der Waals surface area contributed by atoms with Crippen LogP contribution in [0.2, 0.25) is 5.02 Å². The number of rotatable bonds is 4. The summed E-state index contributed by atoms with van der Waals surface area (Å²) < 4.78 is 1.62. The minimum absolute atomic E-state index is 0.146. The second kappa shape index (κ2) is 6.80. The van der Waals surface area contributed by atoms with Gasteiger partial charge in [-0.15, -0.1) is 0 Å². The molecule has 5 nitrogen and oxygen atoms in total. The molecule has 0 spiro atoms. The van der Waals surface area contributed by atoms with Gasteiger partial charge in [0.1, 0.15) is 11.3 Å². The summed E-state index contributed by atoms with van der Waals surface area (Å²) in [6.45, 7) is 1.88. The van der Waals surface area contributed by atoms with E-state index in [0.717, 1.165) is 5.69 Å². The lowest BCUT2D eigenvalue weighted by Crippen LogP contribution is -2.05. The summed E-state index contributed by atoms with van der Waals surface area (Å²) in [4.78, 5) is 11.9. The summed E-state index contributed by atoms with van der Waals surface area (Å²) in [6, 6.07) is 15.9. The third-order valence-electron chi connectivity index (χ3n) is 3.87. The monoisotopic (exact) mass is 351 g/mol. The van der Waals surface area contributed by atoms with Crippen molar-refractivity contribution in [3.8, 4) is 23.0 Å². The maximum absolute atomic E-state index is 11.9. The van der Waals surface area contributed by atoms with Gasteiger partial charge < -0.3 is 5.11 Å². The van der Waals surface area contributed by atoms with E-state index >= 15 is 0 Å². The zero-order valence-corrected chi connectivity index (χ0v) is 14.2. The number of halogens is 1. The molecule has 0 aliphatic rings. The normalized spacial score (nSPS) is 10.4. The largest absolute Gasteiger partial charge is 0.478 e. The smallest absolute Gasteiger partial charge is 0.339 e. The zero-order chi connectivity index (χ0) is 18.0. The average molecular weight is 352 g/mol. The van der Waals surface area contributed by atoms with E-state index in [-0.39, 0.29) is 5.56 Å². The third kappa shape index (κ3) is 3.12. The molecule has 3 aromatic rings. The van der Waals surface area contributed by atoms with Crippen LogP contribution in [-0.2, 0) is 6.42 Å². The van der Waals surface area contributed by atoms with Crippen LogP contribution in [0.1, 0.15) is 28.5 Å². The highest BCUT2D eigenvalue weighted by atomic mass is 35.5. The standard InChI is InChI=1S/C19H14ClN3O2/c1-2-16-17(19(24)25)18(13-5-3-4-12(10-13)11-21)22-23(16)15-8-6-14(20)7-9-15/h3-10H,2H2,1H3,(H,24,25). The number of carboxylic acids is 1. The molecule has 1 N–H and O–H groups in total. The lowest BCUT2D eigenvalue weighted by Gasteiger charge is -2.06. The third-order valence-corrected chi connectivity index (χ3v) is 4.12. The van der Waals surface area contributed by atoms with Crippen LogP contribution >= 0.6 is 11.6 Å². The van der Waals surface area contributed by atoms with Crippen molar-refractivity contribution in [2.24, 2.45) is 0 Å². The number of aromatic carboxylic acids is 1. The molecule has 0 fully saturated rings. The highest BCUT2D eigenvalue weighted by molar-refractivity contribution is 6.30. The predicted molar refractivity (Wildman–Crippen MR) is 95.1 cm³/mol. The maximum Gasteiger partial charge on any atom is 0.339 e. The second-order valence-corrected chi connectivity index (χ2v) is 5.85. The van der Waals surface area contributed by atoms with Crippen molar-refractivity contribution in [3.05, 3.63) is 70.4 Å². The van der Waals surface area contributed by atoms with Gasteiger partial charge in [0.2, 0.25) is 0 Å². The number of hydrogen-bond donors (Lipinski definition) is 1. The van der Waals surface area contributed by atoms with Gasteiger partial charge >= 0.3 is 5.97 Å². The van der Waals surface area contributed by atoms with Crippen LogP contribution < -0.4 is 0 Å². The summed E-state index contributed by atoms with van der Waals surface area (Å²) in [5, 5.41) is 23.9. The van der Waals surface area contributed by atoms with E-state index in [4.69, 9.17) is 16.9 Å². The highest BCUT2D eigenvalue weighted by Crippen LogP contribution is 2.29. The molecule has 0 saturated heterocycles. The average Bonchev–Trinajstić information content (AvgIpc) is 3.02. The number of nitriles is 1. The summed E-state index contributed by atoms with van der Waals surface area (Å²) in [5.41, 5.74) is 2.86. The summed E-state index contributed by atoms with van der Waals surface area (Å²) >= 11 is 5.93. The van der Waals surface area contributed by atoms with Gasteiger partial charge in [0.05, 0.1) is 23.0 Å². The number of aromatic nitrogens is 2. The Morgan fingerprint density at radius 2 is 2.00 bits per heavy atom. The fourth-order valence-electron chi connectivity index (χ4n) is 2.74. The van der Waals surface area contributed by atoms with Crippen LogP contribution in [0.4, 0.5) is 0 Å². The number of carbonyl (C=O) groups is 1. The molecule has 0 aliphatic heterocycles. The first-order chi connectivity index (χ1) is 12.0. The predicted octanol–water partition coefficient (Wildman–Crippen LogP) is 4.32. The van der Waals surface area contributed by atoms with Crippen molar-refractivity contribution in [2.75, 3.05) is 0 Å². The first kappa shape index (κ1) is 16.7. The van der Waals surface area contributed by atoms with Crippen LogP contribution in [-0.4, -0.2) is 20.9 Å². The Morgan fingerprint density at radius 3 is 2.60 bits per heavy atom. The fourth-order valence-corrected chi connectivity index (χ4v) is 2.86. The molecule has 25 heavy (non-hydrogen) atoms. The van der Waals surface area contributed by atoms with E-state index in [0.29, 0.717) is 34.0 Å². The van der Waals surface area contributed by atoms with Gasteiger partial charge in [-0.3, -0.25) is 0 Å². The quantitative estimate of drug-likeness (QED) is 0.759. The summed E-state index contributed by atoms with van der Waals surface area (Å²) in [6.07, 6.45) is 0.495. The molecule has 0 unspecified atom stereocenters. The van der Waals surface area contributed by atoms with Crippen molar-refractivity contribution in [3.63, 3.8) is 0 Å². The van der Waals surface area contributed by atoms with Crippen molar-refractivity contribution in [1.82, 2.24) is 9.78 Å². The van der Waals surface area contributed by atoms with Crippen LogP contribution in [0.15, 0.2) is 48.5 Å². The molecule has 3 rings (SSSR count). The lowest BCUT2D eigenvalue weighted by atomic mass is 10.0. The van der Waals surface area contributed by atoms with Crippen LogP contribution in [0.3, 0.4) is 0 Å². The maximum atomic E-state index is 11.9. The number of carboxylic acid groups (broad SMARTS) is 1. The Morgan fingerprint density at radius 1 is 1.28 bits per heavy atom. The topological polar surface area (TPSA) is 78.9 Å². The van der Waals surface area contributed by atoms with Crippen molar-refractivity contribution in [2.45, 2.75) is 13.3 Å². The van der Waals surface area contributed by atoms with E-state index in [1.54, 1.807) is 53.2 Å². The Labute approximate surface area is 149 Å². The van der Waals surface area contributed by atoms with Crippen molar-refractivity contribution < 1.29 is 9.90 Å². The highest BCUT2D eigenvalue weighted by Gasteiger charge is 2.24. The van der Waals surface area contributed by atoms with Gasteiger partial charge in [-0.1, -0.05) is 30.7 Å². The van der Waals surface area contributed by atoms with Crippen LogP contribution in [0.5, 0.6) is 0 Å². The van der Waals surface area contributed by atoms with Crippen molar-refractivity contribution in [1.29, 1.82) is 5.26 Å². The molecule has 0 saturated carbocycles. The van der Waals surface area contributed by atoms with E-state index < -0.39 is 5.97 Å². The Hall–Kier alpha value is -3.10. The molecule has 0 radical (unpaired) electrons. The van der Waals surface area contributed by atoms with Gasteiger partial charge in [-0.05, 0) is 42.8 Å². The van der Waals surface area contributed by atoms with E-state index in [2.05, 4.69) is 11.2 Å².